The Bertz CT molecular complexity index is 489. The zero-order valence-electron chi connectivity index (χ0n) is 12.1. The van der Waals surface area contributed by atoms with E-state index < -0.39 is 4.92 Å². The molecule has 1 atom stereocenters. The SMILES string of the molecule is CCCC(CC)NC(=O)c1ccc([N+](=O)[O-])c(NC)c1. The van der Waals surface area contributed by atoms with E-state index in [1.54, 1.807) is 7.05 Å². The minimum Gasteiger partial charge on any atom is -0.383 e. The van der Waals surface area contributed by atoms with Gasteiger partial charge in [0.15, 0.2) is 0 Å². The lowest BCUT2D eigenvalue weighted by atomic mass is 10.1. The van der Waals surface area contributed by atoms with Crippen LogP contribution < -0.4 is 10.6 Å². The molecule has 6 nitrogen and oxygen atoms in total. The molecule has 0 aliphatic rings. The molecular formula is C14H21N3O3. The van der Waals surface area contributed by atoms with E-state index in [0.717, 1.165) is 19.3 Å². The Balaban J connectivity index is 2.91. The Morgan fingerprint density at radius 3 is 2.60 bits per heavy atom. The van der Waals surface area contributed by atoms with E-state index in [4.69, 9.17) is 0 Å². The smallest absolute Gasteiger partial charge is 0.292 e. The average molecular weight is 279 g/mol. The van der Waals surface area contributed by atoms with Gasteiger partial charge in [0.25, 0.3) is 11.6 Å². The van der Waals surface area contributed by atoms with Gasteiger partial charge in [-0.05, 0) is 25.0 Å². The molecule has 110 valence electrons. The number of anilines is 1. The third-order valence-corrected chi connectivity index (χ3v) is 3.19. The van der Waals surface area contributed by atoms with Crippen LogP contribution in [0.25, 0.3) is 0 Å². The van der Waals surface area contributed by atoms with Gasteiger partial charge < -0.3 is 10.6 Å². The van der Waals surface area contributed by atoms with Crippen LogP contribution in [0.15, 0.2) is 18.2 Å². The molecule has 0 aromatic heterocycles. The number of benzene rings is 1. The number of nitrogens with one attached hydrogen (secondary N) is 2. The van der Waals surface area contributed by atoms with Gasteiger partial charge in [-0.1, -0.05) is 20.3 Å². The van der Waals surface area contributed by atoms with Crippen LogP contribution in [0.3, 0.4) is 0 Å². The molecule has 1 rings (SSSR count). The van der Waals surface area contributed by atoms with Gasteiger partial charge in [0.05, 0.1) is 4.92 Å². The van der Waals surface area contributed by atoms with Gasteiger partial charge >= 0.3 is 0 Å². The molecule has 20 heavy (non-hydrogen) atoms. The molecule has 1 aromatic rings. The van der Waals surface area contributed by atoms with Crippen molar-refractivity contribution in [1.82, 2.24) is 5.32 Å². The Hall–Kier alpha value is -2.11. The van der Waals surface area contributed by atoms with Gasteiger partial charge in [0, 0.05) is 24.7 Å². The van der Waals surface area contributed by atoms with Crippen molar-refractivity contribution in [3.05, 3.63) is 33.9 Å². The number of nitro benzene ring substituents is 1. The van der Waals surface area contributed by atoms with Crippen LogP contribution in [0, 0.1) is 10.1 Å². The molecule has 0 spiro atoms. The van der Waals surface area contributed by atoms with Gasteiger partial charge in [-0.15, -0.1) is 0 Å². The number of nitro groups is 1. The molecule has 1 aromatic carbocycles. The number of nitrogens with zero attached hydrogens (tertiary/aromatic N) is 1. The summed E-state index contributed by atoms with van der Waals surface area (Å²) >= 11 is 0. The van der Waals surface area contributed by atoms with Crippen molar-refractivity contribution in [2.24, 2.45) is 0 Å². The van der Waals surface area contributed by atoms with Gasteiger partial charge in [-0.3, -0.25) is 14.9 Å². The molecular weight excluding hydrogens is 258 g/mol. The summed E-state index contributed by atoms with van der Waals surface area (Å²) in [5, 5.41) is 16.5. The second kappa shape index (κ2) is 7.47. The van der Waals surface area contributed by atoms with E-state index in [2.05, 4.69) is 17.6 Å². The monoisotopic (exact) mass is 279 g/mol. The Kier molecular flexibility index (Phi) is 5.96. The number of carbonyl (C=O) groups is 1. The van der Waals surface area contributed by atoms with Gasteiger partial charge in [0.1, 0.15) is 5.69 Å². The van der Waals surface area contributed by atoms with E-state index in [1.165, 1.54) is 18.2 Å². The lowest BCUT2D eigenvalue weighted by molar-refractivity contribution is -0.383. The second-order valence-corrected chi connectivity index (χ2v) is 4.61. The number of carbonyl (C=O) groups excluding carboxylic acids is 1. The highest BCUT2D eigenvalue weighted by atomic mass is 16.6. The molecule has 0 aliphatic heterocycles. The molecule has 2 N–H and O–H groups in total. The van der Waals surface area contributed by atoms with Crippen molar-refractivity contribution >= 4 is 17.3 Å². The summed E-state index contributed by atoms with van der Waals surface area (Å²) in [6, 6.07) is 4.47. The lowest BCUT2D eigenvalue weighted by Crippen LogP contribution is -2.34. The summed E-state index contributed by atoms with van der Waals surface area (Å²) in [5.41, 5.74) is 0.727. The Labute approximate surface area is 118 Å². The molecule has 1 amide bonds. The average Bonchev–Trinajstić information content (AvgIpc) is 2.45. The van der Waals surface area contributed by atoms with E-state index in [1.807, 2.05) is 6.92 Å². The standard InChI is InChI=1S/C14H21N3O3/c1-4-6-11(5-2)16-14(18)10-7-8-13(17(19)20)12(9-10)15-3/h7-9,11,15H,4-6H2,1-3H3,(H,16,18). The number of hydrogen-bond acceptors (Lipinski definition) is 4. The van der Waals surface area contributed by atoms with Crippen LogP contribution in [-0.2, 0) is 0 Å². The predicted octanol–water partition coefficient (Wildman–Crippen LogP) is 2.95. The van der Waals surface area contributed by atoms with Crippen LogP contribution in [0.2, 0.25) is 0 Å². The zero-order chi connectivity index (χ0) is 15.1. The van der Waals surface area contributed by atoms with Crippen LogP contribution >= 0.6 is 0 Å². The maximum absolute atomic E-state index is 12.1. The van der Waals surface area contributed by atoms with Crippen LogP contribution in [0.5, 0.6) is 0 Å². The van der Waals surface area contributed by atoms with Crippen molar-refractivity contribution in [1.29, 1.82) is 0 Å². The zero-order valence-corrected chi connectivity index (χ0v) is 12.1. The van der Waals surface area contributed by atoms with E-state index >= 15 is 0 Å². The molecule has 0 radical (unpaired) electrons. The normalized spacial score (nSPS) is 11.8. The third kappa shape index (κ3) is 3.94. The van der Waals surface area contributed by atoms with E-state index in [-0.39, 0.29) is 17.6 Å². The highest BCUT2D eigenvalue weighted by Gasteiger charge is 2.17. The molecule has 0 saturated carbocycles. The Morgan fingerprint density at radius 1 is 1.40 bits per heavy atom. The quantitative estimate of drug-likeness (QED) is 0.593. The number of rotatable bonds is 7. The lowest BCUT2D eigenvalue weighted by Gasteiger charge is -2.16. The summed E-state index contributed by atoms with van der Waals surface area (Å²) in [7, 11) is 1.59. The summed E-state index contributed by atoms with van der Waals surface area (Å²) in [5.74, 6) is -0.198. The first kappa shape index (κ1) is 15.9. The molecule has 0 aliphatic carbocycles. The fraction of sp³-hybridized carbons (Fsp3) is 0.500. The molecule has 0 saturated heterocycles. The molecule has 6 heteroatoms. The predicted molar refractivity (Wildman–Crippen MR) is 79.1 cm³/mol. The van der Waals surface area contributed by atoms with Crippen LogP contribution in [0.4, 0.5) is 11.4 Å². The summed E-state index contributed by atoms with van der Waals surface area (Å²) in [4.78, 5) is 22.5. The summed E-state index contributed by atoms with van der Waals surface area (Å²) < 4.78 is 0. The first-order valence-electron chi connectivity index (χ1n) is 6.80. The fourth-order valence-electron chi connectivity index (χ4n) is 2.03. The minimum absolute atomic E-state index is 0.0374. The maximum Gasteiger partial charge on any atom is 0.292 e. The largest absolute Gasteiger partial charge is 0.383 e. The fourth-order valence-corrected chi connectivity index (χ4v) is 2.03. The topological polar surface area (TPSA) is 84.3 Å². The summed E-state index contributed by atoms with van der Waals surface area (Å²) in [6.07, 6.45) is 2.79. The highest BCUT2D eigenvalue weighted by molar-refractivity contribution is 5.96. The second-order valence-electron chi connectivity index (χ2n) is 4.61. The van der Waals surface area contributed by atoms with Crippen molar-refractivity contribution < 1.29 is 9.72 Å². The van der Waals surface area contributed by atoms with E-state index in [9.17, 15) is 14.9 Å². The van der Waals surface area contributed by atoms with Crippen molar-refractivity contribution in [2.45, 2.75) is 39.2 Å². The van der Waals surface area contributed by atoms with Gasteiger partial charge in [-0.25, -0.2) is 0 Å². The molecule has 1 unspecified atom stereocenters. The van der Waals surface area contributed by atoms with Crippen LogP contribution in [0.1, 0.15) is 43.5 Å². The molecule has 0 heterocycles. The van der Waals surface area contributed by atoms with Gasteiger partial charge in [-0.2, -0.15) is 0 Å². The number of hydrogen-bond donors (Lipinski definition) is 2. The minimum atomic E-state index is -0.473. The third-order valence-electron chi connectivity index (χ3n) is 3.19. The van der Waals surface area contributed by atoms with Crippen molar-refractivity contribution in [3.63, 3.8) is 0 Å². The molecule has 0 bridgehead atoms. The Morgan fingerprint density at radius 2 is 2.10 bits per heavy atom. The first-order chi connectivity index (χ1) is 9.53. The van der Waals surface area contributed by atoms with E-state index in [0.29, 0.717) is 11.3 Å². The van der Waals surface area contributed by atoms with Crippen LogP contribution in [-0.4, -0.2) is 23.9 Å². The highest BCUT2D eigenvalue weighted by Crippen LogP contribution is 2.24. The maximum atomic E-state index is 12.1. The van der Waals surface area contributed by atoms with Crippen molar-refractivity contribution in [2.75, 3.05) is 12.4 Å². The number of amides is 1. The molecule has 0 fully saturated rings. The summed E-state index contributed by atoms with van der Waals surface area (Å²) in [6.45, 7) is 4.09. The first-order valence-corrected chi connectivity index (χ1v) is 6.80. The van der Waals surface area contributed by atoms with Crippen molar-refractivity contribution in [3.8, 4) is 0 Å². The van der Waals surface area contributed by atoms with Gasteiger partial charge in [0.2, 0.25) is 0 Å².